The van der Waals surface area contributed by atoms with Gasteiger partial charge in [-0.15, -0.1) is 0 Å². The molecule has 0 unspecified atom stereocenters. The average Bonchev–Trinajstić information content (AvgIpc) is 2.89. The zero-order valence-corrected chi connectivity index (χ0v) is 20.3. The van der Waals surface area contributed by atoms with Crippen LogP contribution in [-0.2, 0) is 11.3 Å². The molecule has 1 amide bonds. The van der Waals surface area contributed by atoms with E-state index in [1.54, 1.807) is 6.20 Å². The summed E-state index contributed by atoms with van der Waals surface area (Å²) in [6, 6.07) is 11.8. The largest absolute Gasteiger partial charge is 0.384 e. The molecule has 2 saturated heterocycles. The van der Waals surface area contributed by atoms with Gasteiger partial charge in [0.25, 0.3) is 0 Å². The summed E-state index contributed by atoms with van der Waals surface area (Å²) in [6.07, 6.45) is 7.23. The van der Waals surface area contributed by atoms with Crippen molar-refractivity contribution in [3.05, 3.63) is 60.0 Å². The molecule has 2 aliphatic rings. The molecule has 0 spiro atoms. The molecule has 0 saturated carbocycles. The quantitative estimate of drug-likeness (QED) is 0.574. The molecule has 8 nitrogen and oxygen atoms in total. The molecule has 4 heterocycles. The fourth-order valence-electron chi connectivity index (χ4n) is 5.41. The van der Waals surface area contributed by atoms with Gasteiger partial charge in [-0.2, -0.15) is 0 Å². The minimum Gasteiger partial charge on any atom is -0.384 e. The summed E-state index contributed by atoms with van der Waals surface area (Å²) in [5.74, 6) is 1.29. The van der Waals surface area contributed by atoms with Crippen LogP contribution >= 0.6 is 0 Å². The highest BCUT2D eigenvalue weighted by Gasteiger charge is 2.32. The number of aliphatic imine (C=N–C) groups is 1. The number of pyridine rings is 1. The van der Waals surface area contributed by atoms with Crippen molar-refractivity contribution in [2.75, 3.05) is 39.0 Å². The Kier molecular flexibility index (Phi) is 6.99. The van der Waals surface area contributed by atoms with Gasteiger partial charge < -0.3 is 10.6 Å². The van der Waals surface area contributed by atoms with Crippen molar-refractivity contribution in [2.24, 2.45) is 16.8 Å². The number of carbonyl (C=O) groups is 1. The van der Waals surface area contributed by atoms with Crippen LogP contribution in [0.15, 0.2) is 53.8 Å². The molecule has 35 heavy (non-hydrogen) atoms. The number of likely N-dealkylation sites (tertiary alicyclic amines) is 2. The molecule has 0 bridgehead atoms. The minimum atomic E-state index is 0.121. The van der Waals surface area contributed by atoms with E-state index in [2.05, 4.69) is 24.8 Å². The second-order valence-corrected chi connectivity index (χ2v) is 9.59. The second-order valence-electron chi connectivity index (χ2n) is 9.59. The lowest BCUT2D eigenvalue weighted by Gasteiger charge is -2.37. The molecule has 2 fully saturated rings. The number of amides is 1. The van der Waals surface area contributed by atoms with Crippen LogP contribution in [0, 0.1) is 11.8 Å². The molecule has 1 aromatic carbocycles. The molecule has 2 aromatic heterocycles. The number of para-hydroxylation sites is 2. The molecule has 182 valence electrons. The number of rotatable bonds is 5. The zero-order chi connectivity index (χ0) is 24.2. The van der Waals surface area contributed by atoms with Crippen LogP contribution in [0.5, 0.6) is 0 Å². The molecule has 3 aromatic rings. The van der Waals surface area contributed by atoms with E-state index in [0.717, 1.165) is 80.8 Å². The predicted octanol–water partition coefficient (Wildman–Crippen LogP) is 3.18. The van der Waals surface area contributed by atoms with Gasteiger partial charge in [-0.1, -0.05) is 12.1 Å². The minimum absolute atomic E-state index is 0.121. The molecular formula is C27H33N7O. The number of nitrogens with zero attached hydrogens (tertiary/aromatic N) is 6. The smallest absolute Gasteiger partial charge is 0.225 e. The Balaban J connectivity index is 1.14. The summed E-state index contributed by atoms with van der Waals surface area (Å²) in [4.78, 5) is 35.7. The lowest BCUT2D eigenvalue weighted by Crippen LogP contribution is -2.46. The molecule has 0 atom stereocenters. The van der Waals surface area contributed by atoms with Gasteiger partial charge in [0.2, 0.25) is 5.91 Å². The predicted molar refractivity (Wildman–Crippen MR) is 138 cm³/mol. The van der Waals surface area contributed by atoms with Crippen molar-refractivity contribution in [1.82, 2.24) is 24.8 Å². The lowest BCUT2D eigenvalue weighted by molar-refractivity contribution is -0.138. The maximum absolute atomic E-state index is 13.3. The summed E-state index contributed by atoms with van der Waals surface area (Å²) >= 11 is 0. The van der Waals surface area contributed by atoms with Crippen molar-refractivity contribution in [2.45, 2.75) is 32.2 Å². The summed E-state index contributed by atoms with van der Waals surface area (Å²) in [5.41, 5.74) is 10.6. The van der Waals surface area contributed by atoms with E-state index >= 15 is 0 Å². The van der Waals surface area contributed by atoms with E-state index in [-0.39, 0.29) is 5.92 Å². The van der Waals surface area contributed by atoms with E-state index in [1.807, 2.05) is 49.6 Å². The number of benzene rings is 1. The van der Waals surface area contributed by atoms with Crippen LogP contribution in [0.1, 0.15) is 36.9 Å². The van der Waals surface area contributed by atoms with E-state index < -0.39 is 0 Å². The highest BCUT2D eigenvalue weighted by atomic mass is 16.2. The number of anilines is 1. The Bertz CT molecular complexity index is 1210. The highest BCUT2D eigenvalue weighted by Crippen LogP contribution is 2.27. The van der Waals surface area contributed by atoms with Gasteiger partial charge in [-0.25, -0.2) is 9.97 Å². The molecule has 5 rings (SSSR count). The SMILES string of the molecule is CN=C(c1cnc2ccccc2n1)C1CCN(C(=O)C2CCN(Cc3ccnc(N)c3)CC2)CC1. The third-order valence-electron chi connectivity index (χ3n) is 7.33. The van der Waals surface area contributed by atoms with E-state index in [0.29, 0.717) is 17.6 Å². The van der Waals surface area contributed by atoms with Crippen molar-refractivity contribution in [3.63, 3.8) is 0 Å². The Hall–Kier alpha value is -3.39. The fourth-order valence-corrected chi connectivity index (χ4v) is 5.41. The first-order valence-corrected chi connectivity index (χ1v) is 12.5. The number of nitrogen functional groups attached to an aromatic ring is 1. The van der Waals surface area contributed by atoms with Gasteiger partial charge in [0.05, 0.1) is 22.9 Å². The fraction of sp³-hybridized carbons (Fsp3) is 0.444. The zero-order valence-electron chi connectivity index (χ0n) is 20.3. The number of hydrogen-bond acceptors (Lipinski definition) is 7. The molecule has 2 N–H and O–H groups in total. The molecule has 2 aliphatic heterocycles. The first-order chi connectivity index (χ1) is 17.1. The lowest BCUT2D eigenvalue weighted by atomic mass is 9.88. The van der Waals surface area contributed by atoms with Gasteiger partial charge in [0.15, 0.2) is 0 Å². The van der Waals surface area contributed by atoms with Crippen molar-refractivity contribution >= 4 is 28.5 Å². The first-order valence-electron chi connectivity index (χ1n) is 12.5. The third kappa shape index (κ3) is 5.32. The number of fused-ring (bicyclic) bond motifs is 1. The number of nitrogens with two attached hydrogens (primary N) is 1. The molecule has 0 radical (unpaired) electrons. The Morgan fingerprint density at radius 3 is 2.43 bits per heavy atom. The van der Waals surface area contributed by atoms with Crippen LogP contribution in [-0.4, -0.2) is 69.6 Å². The summed E-state index contributed by atoms with van der Waals surface area (Å²) in [7, 11) is 1.83. The molecular weight excluding hydrogens is 438 g/mol. The van der Waals surface area contributed by atoms with E-state index in [1.165, 1.54) is 5.56 Å². The second kappa shape index (κ2) is 10.5. The van der Waals surface area contributed by atoms with Gasteiger partial charge in [0, 0.05) is 44.7 Å². The average molecular weight is 472 g/mol. The number of aromatic nitrogens is 3. The summed E-state index contributed by atoms with van der Waals surface area (Å²) < 4.78 is 0. The summed E-state index contributed by atoms with van der Waals surface area (Å²) in [6.45, 7) is 4.28. The van der Waals surface area contributed by atoms with Crippen LogP contribution in [0.2, 0.25) is 0 Å². The van der Waals surface area contributed by atoms with Crippen LogP contribution < -0.4 is 5.73 Å². The number of carbonyl (C=O) groups excluding carboxylic acids is 1. The Morgan fingerprint density at radius 1 is 1.00 bits per heavy atom. The van der Waals surface area contributed by atoms with E-state index in [4.69, 9.17) is 10.7 Å². The van der Waals surface area contributed by atoms with Crippen molar-refractivity contribution < 1.29 is 4.79 Å². The van der Waals surface area contributed by atoms with E-state index in [9.17, 15) is 4.79 Å². The standard InChI is InChI=1S/C27H33N7O/c1-29-26(24-17-31-22-4-2-3-5-23(22)32-24)20-9-14-34(15-10-20)27(35)21-7-12-33(13-8-21)18-19-6-11-30-25(28)16-19/h2-6,11,16-17,20-21H,7-10,12-15,18H2,1H3,(H2,28,30). The Labute approximate surface area is 206 Å². The maximum atomic E-state index is 13.3. The highest BCUT2D eigenvalue weighted by molar-refractivity contribution is 6.01. The normalized spacial score (nSPS) is 18.8. The monoisotopic (exact) mass is 471 g/mol. The third-order valence-corrected chi connectivity index (χ3v) is 7.33. The van der Waals surface area contributed by atoms with Gasteiger partial charge in [-0.05, 0) is 68.6 Å². The Morgan fingerprint density at radius 2 is 1.71 bits per heavy atom. The topological polar surface area (TPSA) is 101 Å². The van der Waals surface area contributed by atoms with Crippen LogP contribution in [0.25, 0.3) is 11.0 Å². The summed E-state index contributed by atoms with van der Waals surface area (Å²) in [5, 5.41) is 0. The molecule has 8 heteroatoms. The van der Waals surface area contributed by atoms with Gasteiger partial charge >= 0.3 is 0 Å². The molecule has 0 aliphatic carbocycles. The van der Waals surface area contributed by atoms with Gasteiger partial charge in [-0.3, -0.25) is 19.7 Å². The maximum Gasteiger partial charge on any atom is 0.225 e. The first kappa shape index (κ1) is 23.4. The van der Waals surface area contributed by atoms with Crippen molar-refractivity contribution in [3.8, 4) is 0 Å². The van der Waals surface area contributed by atoms with Gasteiger partial charge in [0.1, 0.15) is 11.5 Å². The number of piperidine rings is 2. The van der Waals surface area contributed by atoms with Crippen molar-refractivity contribution in [1.29, 1.82) is 0 Å². The van der Waals surface area contributed by atoms with Crippen LogP contribution in [0.3, 0.4) is 0 Å². The number of hydrogen-bond donors (Lipinski definition) is 1. The van der Waals surface area contributed by atoms with Crippen LogP contribution in [0.4, 0.5) is 5.82 Å².